The number of pyridine rings is 1. The topological polar surface area (TPSA) is 76.7 Å². The van der Waals surface area contributed by atoms with Gasteiger partial charge in [-0.25, -0.2) is 0 Å². The minimum absolute atomic E-state index is 0.237. The fourth-order valence-corrected chi connectivity index (χ4v) is 3.93. The lowest BCUT2D eigenvalue weighted by molar-refractivity contribution is 0.656. The molecule has 0 amide bonds. The Balaban J connectivity index is 1.51. The predicted molar refractivity (Wildman–Crippen MR) is 112 cm³/mol. The third-order valence-electron chi connectivity index (χ3n) is 4.48. The molecule has 4 aromatic rings. The van der Waals surface area contributed by atoms with E-state index in [1.165, 1.54) is 5.56 Å². The molecule has 0 spiro atoms. The van der Waals surface area contributed by atoms with Crippen LogP contribution in [0.2, 0.25) is 0 Å². The highest BCUT2D eigenvalue weighted by atomic mass is 32.1. The first kappa shape index (κ1) is 17.6. The number of hydrogen-bond donors (Lipinski definition) is 2. The lowest BCUT2D eigenvalue weighted by atomic mass is 10.0. The molecule has 0 radical (unpaired) electrons. The van der Waals surface area contributed by atoms with Gasteiger partial charge in [-0.1, -0.05) is 53.8 Å². The summed E-state index contributed by atoms with van der Waals surface area (Å²) in [6.07, 6.45) is 5.47. The highest BCUT2D eigenvalue weighted by Crippen LogP contribution is 2.29. The van der Waals surface area contributed by atoms with Gasteiger partial charge in [-0.15, -0.1) is 10.2 Å². The zero-order chi connectivity index (χ0) is 18.5. The second kappa shape index (κ2) is 8.24. The zero-order valence-corrected chi connectivity index (χ0v) is 15.7. The van der Waals surface area contributed by atoms with Crippen molar-refractivity contribution in [3.63, 3.8) is 0 Å². The van der Waals surface area contributed by atoms with Gasteiger partial charge in [0, 0.05) is 29.4 Å². The molecule has 0 aliphatic heterocycles. The number of nitrogens with two attached hydrogens (primary N) is 1. The number of fused-ring (bicyclic) bond motifs is 1. The van der Waals surface area contributed by atoms with Crippen molar-refractivity contribution in [2.24, 2.45) is 5.73 Å². The highest BCUT2D eigenvalue weighted by Gasteiger charge is 2.13. The number of rotatable bonds is 7. The Bertz CT molecular complexity index is 1020. The maximum absolute atomic E-state index is 5.81. The maximum Gasteiger partial charge on any atom is 0.206 e. The fourth-order valence-electron chi connectivity index (χ4n) is 3.11. The van der Waals surface area contributed by atoms with E-state index in [1.54, 1.807) is 17.5 Å². The first-order chi connectivity index (χ1) is 13.3. The molecule has 3 N–H and O–H groups in total. The van der Waals surface area contributed by atoms with Gasteiger partial charge in [0.1, 0.15) is 5.01 Å². The van der Waals surface area contributed by atoms with Crippen LogP contribution in [-0.4, -0.2) is 27.8 Å². The molecule has 0 aliphatic rings. The van der Waals surface area contributed by atoms with E-state index < -0.39 is 0 Å². The van der Waals surface area contributed by atoms with Gasteiger partial charge in [-0.05, 0) is 42.5 Å². The summed E-state index contributed by atoms with van der Waals surface area (Å²) >= 11 is 1.57. The second-order valence-electron chi connectivity index (χ2n) is 6.46. The second-order valence-corrected chi connectivity index (χ2v) is 7.44. The molecule has 2 heterocycles. The van der Waals surface area contributed by atoms with Crippen molar-refractivity contribution >= 4 is 27.2 Å². The van der Waals surface area contributed by atoms with Gasteiger partial charge in [0.05, 0.1) is 0 Å². The van der Waals surface area contributed by atoms with Crippen molar-refractivity contribution in [1.29, 1.82) is 0 Å². The molecule has 5 nitrogen and oxygen atoms in total. The maximum atomic E-state index is 5.81. The van der Waals surface area contributed by atoms with E-state index in [4.69, 9.17) is 5.73 Å². The van der Waals surface area contributed by atoms with Crippen LogP contribution in [0.5, 0.6) is 0 Å². The number of nitrogens with one attached hydrogen (secondary N) is 1. The first-order valence-electron chi connectivity index (χ1n) is 9.00. The molecule has 136 valence electrons. The number of aromatic nitrogens is 3. The average Bonchev–Trinajstić information content (AvgIpc) is 3.17. The fraction of sp³-hybridized carbons (Fsp3) is 0.190. The Morgan fingerprint density at radius 1 is 1.00 bits per heavy atom. The third kappa shape index (κ3) is 4.30. The summed E-state index contributed by atoms with van der Waals surface area (Å²) in [6.45, 7) is 0.634. The molecule has 0 saturated heterocycles. The third-order valence-corrected chi connectivity index (χ3v) is 5.38. The van der Waals surface area contributed by atoms with Crippen molar-refractivity contribution in [3.05, 3.63) is 72.6 Å². The van der Waals surface area contributed by atoms with Gasteiger partial charge in [0.2, 0.25) is 5.13 Å². The monoisotopic (exact) mass is 375 g/mol. The summed E-state index contributed by atoms with van der Waals surface area (Å²) in [7, 11) is 0. The Morgan fingerprint density at radius 3 is 2.74 bits per heavy atom. The summed E-state index contributed by atoms with van der Waals surface area (Å²) in [6, 6.07) is 18.9. The van der Waals surface area contributed by atoms with Crippen LogP contribution in [0.3, 0.4) is 0 Å². The molecule has 0 saturated carbocycles. The molecule has 27 heavy (non-hydrogen) atoms. The van der Waals surface area contributed by atoms with E-state index in [0.717, 1.165) is 39.3 Å². The minimum Gasteiger partial charge on any atom is -0.357 e. The Labute approximate surface area is 162 Å². The van der Waals surface area contributed by atoms with Crippen LogP contribution < -0.4 is 11.1 Å². The molecule has 2 aromatic carbocycles. The van der Waals surface area contributed by atoms with Crippen LogP contribution in [-0.2, 0) is 6.42 Å². The lowest BCUT2D eigenvalue weighted by Crippen LogP contribution is -2.25. The first-order valence-corrected chi connectivity index (χ1v) is 9.81. The van der Waals surface area contributed by atoms with Crippen LogP contribution >= 0.6 is 11.3 Å². The molecule has 0 aliphatic carbocycles. The highest BCUT2D eigenvalue weighted by molar-refractivity contribution is 7.18. The van der Waals surface area contributed by atoms with Crippen LogP contribution in [0, 0.1) is 0 Å². The predicted octanol–water partition coefficient (Wildman–Crippen LogP) is 4.13. The zero-order valence-electron chi connectivity index (χ0n) is 14.9. The number of anilines is 1. The van der Waals surface area contributed by atoms with Crippen molar-refractivity contribution < 1.29 is 0 Å². The molecule has 2 aromatic heterocycles. The van der Waals surface area contributed by atoms with E-state index in [9.17, 15) is 0 Å². The molecule has 0 fully saturated rings. The lowest BCUT2D eigenvalue weighted by Gasteiger charge is -2.17. The van der Waals surface area contributed by atoms with Crippen molar-refractivity contribution in [1.82, 2.24) is 15.2 Å². The quantitative estimate of drug-likeness (QED) is 0.508. The van der Waals surface area contributed by atoms with Crippen LogP contribution in [0.1, 0.15) is 12.0 Å². The summed E-state index contributed by atoms with van der Waals surface area (Å²) in [4.78, 5) is 4.16. The average molecular weight is 376 g/mol. The molecule has 6 heteroatoms. The summed E-state index contributed by atoms with van der Waals surface area (Å²) in [5, 5.41) is 16.2. The van der Waals surface area contributed by atoms with Gasteiger partial charge in [-0.2, -0.15) is 0 Å². The normalized spacial score (nSPS) is 12.2. The van der Waals surface area contributed by atoms with Crippen LogP contribution in [0.4, 0.5) is 5.13 Å². The van der Waals surface area contributed by atoms with Gasteiger partial charge >= 0.3 is 0 Å². The SMILES string of the molecule is NCC[C@@H](Cc1ccccc1)Nc1nnc(-c2ccc3cnccc3c2)s1. The molecular weight excluding hydrogens is 354 g/mol. The number of nitrogens with zero attached hydrogens (tertiary/aromatic N) is 3. The van der Waals surface area contributed by atoms with Crippen molar-refractivity contribution in [2.45, 2.75) is 18.9 Å². The number of benzene rings is 2. The summed E-state index contributed by atoms with van der Waals surface area (Å²) in [5.74, 6) is 0. The molecular formula is C21H21N5S. The van der Waals surface area contributed by atoms with E-state index in [-0.39, 0.29) is 6.04 Å². The summed E-state index contributed by atoms with van der Waals surface area (Å²) < 4.78 is 0. The standard InChI is InChI=1S/C21H21N5S/c22-10-8-19(12-15-4-2-1-3-5-15)24-21-26-25-20(27-21)17-6-7-18-14-23-11-9-16(18)13-17/h1-7,9,11,13-14,19H,8,10,12,22H2,(H,24,26)/t19-/m0/s1. The van der Waals surface area contributed by atoms with Gasteiger partial charge < -0.3 is 11.1 Å². The van der Waals surface area contributed by atoms with Crippen LogP contribution in [0.25, 0.3) is 21.3 Å². The Kier molecular flexibility index (Phi) is 5.37. The molecule has 0 bridgehead atoms. The smallest absolute Gasteiger partial charge is 0.206 e. The van der Waals surface area contributed by atoms with Crippen LogP contribution in [0.15, 0.2) is 67.0 Å². The molecule has 4 rings (SSSR count). The van der Waals surface area contributed by atoms with Crippen molar-refractivity contribution in [2.75, 3.05) is 11.9 Å². The molecule has 1 atom stereocenters. The Morgan fingerprint density at radius 2 is 1.89 bits per heavy atom. The van der Waals surface area contributed by atoms with Gasteiger partial charge in [0.25, 0.3) is 0 Å². The largest absolute Gasteiger partial charge is 0.357 e. The minimum atomic E-state index is 0.237. The van der Waals surface area contributed by atoms with E-state index >= 15 is 0 Å². The number of hydrogen-bond acceptors (Lipinski definition) is 6. The van der Waals surface area contributed by atoms with Gasteiger partial charge in [-0.3, -0.25) is 4.98 Å². The van der Waals surface area contributed by atoms with Gasteiger partial charge in [0.15, 0.2) is 0 Å². The molecule has 0 unspecified atom stereocenters. The Hall–Kier alpha value is -2.83. The van der Waals surface area contributed by atoms with E-state index in [1.807, 2.05) is 18.3 Å². The van der Waals surface area contributed by atoms with E-state index in [0.29, 0.717) is 6.54 Å². The summed E-state index contributed by atoms with van der Waals surface area (Å²) in [5.41, 5.74) is 8.16. The van der Waals surface area contributed by atoms with E-state index in [2.05, 4.69) is 63.0 Å². The van der Waals surface area contributed by atoms with Crippen molar-refractivity contribution in [3.8, 4) is 10.6 Å².